The minimum atomic E-state index is 0.128. The Labute approximate surface area is 168 Å². The summed E-state index contributed by atoms with van der Waals surface area (Å²) in [6.07, 6.45) is 2.56. The lowest BCUT2D eigenvalue weighted by Crippen LogP contribution is -2.53. The Morgan fingerprint density at radius 3 is 2.71 bits per heavy atom. The molecule has 0 saturated carbocycles. The summed E-state index contributed by atoms with van der Waals surface area (Å²) < 4.78 is 22.4. The molecule has 2 atom stereocenters. The van der Waals surface area contributed by atoms with E-state index in [1.54, 1.807) is 7.11 Å². The van der Waals surface area contributed by atoms with Gasteiger partial charge in [0.25, 0.3) is 0 Å². The summed E-state index contributed by atoms with van der Waals surface area (Å²) >= 11 is 0. The van der Waals surface area contributed by atoms with Gasteiger partial charge >= 0.3 is 0 Å². The van der Waals surface area contributed by atoms with Crippen molar-refractivity contribution in [1.29, 1.82) is 0 Å². The van der Waals surface area contributed by atoms with Gasteiger partial charge in [-0.1, -0.05) is 12.1 Å². The van der Waals surface area contributed by atoms with Crippen LogP contribution in [0.3, 0.4) is 0 Å². The van der Waals surface area contributed by atoms with Crippen LogP contribution in [0.1, 0.15) is 25.3 Å². The normalized spacial score (nSPS) is 23.1. The number of guanidine groups is 1. The molecule has 0 bridgehead atoms. The van der Waals surface area contributed by atoms with Gasteiger partial charge in [-0.25, -0.2) is 4.99 Å². The van der Waals surface area contributed by atoms with E-state index in [0.29, 0.717) is 26.4 Å². The Kier molecular flexibility index (Phi) is 8.39. The SMILES string of the molecule is CCNC(=NCc1ccc(OCCOC)cc1)N1CCOC(C2CCCO2)C1. The van der Waals surface area contributed by atoms with E-state index >= 15 is 0 Å². The molecule has 2 saturated heterocycles. The summed E-state index contributed by atoms with van der Waals surface area (Å²) in [5.41, 5.74) is 1.15. The van der Waals surface area contributed by atoms with Crippen LogP contribution >= 0.6 is 0 Å². The van der Waals surface area contributed by atoms with Gasteiger partial charge in [-0.05, 0) is 37.5 Å². The highest BCUT2D eigenvalue weighted by Gasteiger charge is 2.32. The van der Waals surface area contributed by atoms with E-state index in [1.165, 1.54) is 0 Å². The smallest absolute Gasteiger partial charge is 0.194 e. The van der Waals surface area contributed by atoms with Gasteiger partial charge in [-0.3, -0.25) is 0 Å². The van der Waals surface area contributed by atoms with E-state index in [2.05, 4.69) is 29.3 Å². The van der Waals surface area contributed by atoms with Crippen LogP contribution in [-0.2, 0) is 20.8 Å². The first-order chi connectivity index (χ1) is 13.8. The summed E-state index contributed by atoms with van der Waals surface area (Å²) in [6, 6.07) is 8.08. The average Bonchev–Trinajstić information content (AvgIpc) is 3.27. The second-order valence-corrected chi connectivity index (χ2v) is 7.06. The van der Waals surface area contributed by atoms with Crippen LogP contribution in [0.2, 0.25) is 0 Å². The van der Waals surface area contributed by atoms with Crippen LogP contribution in [0.5, 0.6) is 5.75 Å². The average molecular weight is 392 g/mol. The fourth-order valence-electron chi connectivity index (χ4n) is 3.51. The molecule has 0 radical (unpaired) electrons. The quantitative estimate of drug-likeness (QED) is 0.416. The molecule has 1 N–H and O–H groups in total. The molecular weight excluding hydrogens is 358 g/mol. The molecule has 0 amide bonds. The van der Waals surface area contributed by atoms with E-state index in [4.69, 9.17) is 23.9 Å². The molecule has 3 rings (SSSR count). The Bertz CT molecular complexity index is 602. The Morgan fingerprint density at radius 2 is 2.00 bits per heavy atom. The van der Waals surface area contributed by atoms with E-state index in [-0.39, 0.29) is 12.2 Å². The largest absolute Gasteiger partial charge is 0.491 e. The van der Waals surface area contributed by atoms with E-state index in [0.717, 1.165) is 56.4 Å². The third-order valence-corrected chi connectivity index (χ3v) is 5.00. The highest BCUT2D eigenvalue weighted by molar-refractivity contribution is 5.80. The Balaban J connectivity index is 1.57. The number of hydrogen-bond acceptors (Lipinski definition) is 5. The van der Waals surface area contributed by atoms with Crippen molar-refractivity contribution in [2.24, 2.45) is 4.99 Å². The molecule has 1 aromatic carbocycles. The van der Waals surface area contributed by atoms with E-state index in [9.17, 15) is 0 Å². The highest BCUT2D eigenvalue weighted by Crippen LogP contribution is 2.21. The number of aliphatic imine (C=N–C) groups is 1. The predicted octanol–water partition coefficient (Wildman–Crippen LogP) is 2.06. The van der Waals surface area contributed by atoms with Crippen molar-refractivity contribution in [3.8, 4) is 5.75 Å². The fraction of sp³-hybridized carbons (Fsp3) is 0.667. The molecule has 0 aromatic heterocycles. The lowest BCUT2D eigenvalue weighted by Gasteiger charge is -2.37. The molecular formula is C21H33N3O4. The minimum Gasteiger partial charge on any atom is -0.491 e. The Morgan fingerprint density at radius 1 is 1.18 bits per heavy atom. The summed E-state index contributed by atoms with van der Waals surface area (Å²) in [5.74, 6) is 1.79. The van der Waals surface area contributed by atoms with Gasteiger partial charge in [-0.15, -0.1) is 0 Å². The second kappa shape index (κ2) is 11.2. The number of nitrogens with one attached hydrogen (secondary N) is 1. The first-order valence-electron chi connectivity index (χ1n) is 10.3. The number of hydrogen-bond donors (Lipinski definition) is 1. The van der Waals surface area contributed by atoms with Crippen LogP contribution < -0.4 is 10.1 Å². The van der Waals surface area contributed by atoms with Crippen molar-refractivity contribution in [2.75, 3.05) is 53.2 Å². The zero-order chi connectivity index (χ0) is 19.6. The Hall–Kier alpha value is -1.83. The molecule has 2 fully saturated rings. The maximum atomic E-state index is 5.96. The van der Waals surface area contributed by atoms with Crippen molar-refractivity contribution in [1.82, 2.24) is 10.2 Å². The monoisotopic (exact) mass is 391 g/mol. The van der Waals surface area contributed by atoms with Crippen LogP contribution in [0, 0.1) is 0 Å². The number of rotatable bonds is 8. The fourth-order valence-corrected chi connectivity index (χ4v) is 3.51. The molecule has 1 aromatic rings. The van der Waals surface area contributed by atoms with Gasteiger partial charge in [-0.2, -0.15) is 0 Å². The van der Waals surface area contributed by atoms with Crippen molar-refractivity contribution >= 4 is 5.96 Å². The van der Waals surface area contributed by atoms with Crippen LogP contribution in [0.4, 0.5) is 0 Å². The molecule has 2 aliphatic heterocycles. The number of ether oxygens (including phenoxy) is 4. The number of morpholine rings is 1. The molecule has 28 heavy (non-hydrogen) atoms. The molecule has 156 valence electrons. The zero-order valence-electron chi connectivity index (χ0n) is 17.1. The summed E-state index contributed by atoms with van der Waals surface area (Å²) in [6.45, 7) is 7.94. The lowest BCUT2D eigenvalue weighted by molar-refractivity contribution is -0.0817. The molecule has 2 unspecified atom stereocenters. The topological polar surface area (TPSA) is 64.6 Å². The first kappa shape index (κ1) is 20.9. The van der Waals surface area contributed by atoms with Crippen molar-refractivity contribution < 1.29 is 18.9 Å². The number of benzene rings is 1. The molecule has 7 heteroatoms. The molecule has 0 spiro atoms. The third kappa shape index (κ3) is 6.09. The molecule has 0 aliphatic carbocycles. The van der Waals surface area contributed by atoms with E-state index < -0.39 is 0 Å². The summed E-state index contributed by atoms with van der Waals surface area (Å²) in [7, 11) is 1.67. The minimum absolute atomic E-state index is 0.128. The lowest BCUT2D eigenvalue weighted by atomic mass is 10.1. The zero-order valence-corrected chi connectivity index (χ0v) is 17.1. The first-order valence-corrected chi connectivity index (χ1v) is 10.3. The summed E-state index contributed by atoms with van der Waals surface area (Å²) in [5, 5.41) is 3.42. The standard InChI is InChI=1S/C21H33N3O4/c1-3-22-21(24-10-12-28-20(16-24)19-5-4-11-27-19)23-15-17-6-8-18(9-7-17)26-14-13-25-2/h6-9,19-20H,3-5,10-16H2,1-2H3,(H,22,23). The maximum Gasteiger partial charge on any atom is 0.194 e. The van der Waals surface area contributed by atoms with Gasteiger partial charge in [0.05, 0.1) is 25.9 Å². The summed E-state index contributed by atoms with van der Waals surface area (Å²) in [4.78, 5) is 7.14. The van der Waals surface area contributed by atoms with Crippen molar-refractivity contribution in [3.05, 3.63) is 29.8 Å². The van der Waals surface area contributed by atoms with E-state index in [1.807, 2.05) is 12.1 Å². The van der Waals surface area contributed by atoms with Crippen LogP contribution in [0.15, 0.2) is 29.3 Å². The number of nitrogens with zero attached hydrogens (tertiary/aromatic N) is 2. The van der Waals surface area contributed by atoms with Gasteiger partial charge in [0.15, 0.2) is 5.96 Å². The molecule has 7 nitrogen and oxygen atoms in total. The molecule has 2 aliphatic rings. The third-order valence-electron chi connectivity index (χ3n) is 5.00. The van der Waals surface area contributed by atoms with Crippen molar-refractivity contribution in [2.45, 2.75) is 38.5 Å². The second-order valence-electron chi connectivity index (χ2n) is 7.06. The van der Waals surface area contributed by atoms with Gasteiger partial charge < -0.3 is 29.2 Å². The number of methoxy groups -OCH3 is 1. The predicted molar refractivity (Wildman–Crippen MR) is 109 cm³/mol. The van der Waals surface area contributed by atoms with Crippen molar-refractivity contribution in [3.63, 3.8) is 0 Å². The van der Waals surface area contributed by atoms with Crippen LogP contribution in [-0.4, -0.2) is 76.2 Å². The van der Waals surface area contributed by atoms with Gasteiger partial charge in [0.1, 0.15) is 18.5 Å². The van der Waals surface area contributed by atoms with Gasteiger partial charge in [0, 0.05) is 33.4 Å². The van der Waals surface area contributed by atoms with Gasteiger partial charge in [0.2, 0.25) is 0 Å². The highest BCUT2D eigenvalue weighted by atomic mass is 16.5. The maximum absolute atomic E-state index is 5.96. The molecule has 2 heterocycles. The van der Waals surface area contributed by atoms with Crippen LogP contribution in [0.25, 0.3) is 0 Å².